The molecule has 1 N–H and O–H groups in total. The van der Waals surface area contributed by atoms with Crippen LogP contribution in [0.2, 0.25) is 0 Å². The van der Waals surface area contributed by atoms with Gasteiger partial charge >= 0.3 is 5.97 Å². The molecule has 0 saturated carbocycles. The van der Waals surface area contributed by atoms with Crippen molar-refractivity contribution in [2.75, 3.05) is 37.8 Å². The number of rotatable bonds is 5. The van der Waals surface area contributed by atoms with Gasteiger partial charge in [-0.1, -0.05) is 18.2 Å². The fourth-order valence-corrected chi connectivity index (χ4v) is 3.20. The Morgan fingerprint density at radius 3 is 2.62 bits per heavy atom. The standard InChI is InChI=1S/C20H21N3O3/c24-20-19(18(14-26-20)22-13-16-3-1-2-8-21-16)15-4-6-17(7-5-15)23-9-11-25-12-10-23/h1-8,22H,9-14H2. The molecule has 0 spiro atoms. The number of cyclic esters (lactones) is 1. The maximum Gasteiger partial charge on any atom is 0.341 e. The van der Waals surface area contributed by atoms with Crippen molar-refractivity contribution in [3.05, 3.63) is 65.6 Å². The molecule has 1 saturated heterocycles. The minimum atomic E-state index is -0.285. The first-order chi connectivity index (χ1) is 12.8. The molecule has 6 heteroatoms. The Balaban J connectivity index is 1.52. The zero-order valence-electron chi connectivity index (χ0n) is 14.5. The normalized spacial score (nSPS) is 17.4. The van der Waals surface area contributed by atoms with E-state index < -0.39 is 0 Å². The van der Waals surface area contributed by atoms with Gasteiger partial charge in [-0.3, -0.25) is 4.98 Å². The number of aromatic nitrogens is 1. The summed E-state index contributed by atoms with van der Waals surface area (Å²) in [6.07, 6.45) is 1.76. The highest BCUT2D eigenvalue weighted by Gasteiger charge is 2.26. The summed E-state index contributed by atoms with van der Waals surface area (Å²) in [4.78, 5) is 18.8. The fourth-order valence-electron chi connectivity index (χ4n) is 3.20. The van der Waals surface area contributed by atoms with Gasteiger partial charge in [-0.05, 0) is 29.8 Å². The van der Waals surface area contributed by atoms with E-state index >= 15 is 0 Å². The second kappa shape index (κ2) is 7.58. The van der Waals surface area contributed by atoms with Crippen molar-refractivity contribution in [2.24, 2.45) is 0 Å². The van der Waals surface area contributed by atoms with Gasteiger partial charge in [0, 0.05) is 25.0 Å². The average Bonchev–Trinajstić information content (AvgIpc) is 3.08. The number of morpholine rings is 1. The summed E-state index contributed by atoms with van der Waals surface area (Å²) in [5, 5.41) is 3.30. The van der Waals surface area contributed by atoms with E-state index in [1.807, 2.05) is 30.3 Å². The van der Waals surface area contributed by atoms with Crippen molar-refractivity contribution in [1.29, 1.82) is 0 Å². The number of hydrogen-bond donors (Lipinski definition) is 1. The highest BCUT2D eigenvalue weighted by atomic mass is 16.5. The summed E-state index contributed by atoms with van der Waals surface area (Å²) >= 11 is 0. The molecule has 0 radical (unpaired) electrons. The first kappa shape index (κ1) is 16.6. The van der Waals surface area contributed by atoms with Crippen molar-refractivity contribution in [3.63, 3.8) is 0 Å². The number of nitrogens with one attached hydrogen (secondary N) is 1. The quantitative estimate of drug-likeness (QED) is 0.831. The number of ether oxygens (including phenoxy) is 2. The Hall–Kier alpha value is -2.86. The van der Waals surface area contributed by atoms with Crippen LogP contribution in [0.1, 0.15) is 11.3 Å². The number of hydrogen-bond acceptors (Lipinski definition) is 6. The van der Waals surface area contributed by atoms with Crippen LogP contribution in [0, 0.1) is 0 Å². The Morgan fingerprint density at radius 1 is 1.08 bits per heavy atom. The zero-order valence-corrected chi connectivity index (χ0v) is 14.5. The SMILES string of the molecule is O=C1OCC(NCc2ccccn2)=C1c1ccc(N2CCOCC2)cc1. The van der Waals surface area contributed by atoms with Crippen molar-refractivity contribution < 1.29 is 14.3 Å². The molecule has 2 aliphatic rings. The van der Waals surface area contributed by atoms with Crippen molar-refractivity contribution in [3.8, 4) is 0 Å². The molecule has 0 bridgehead atoms. The largest absolute Gasteiger partial charge is 0.456 e. The highest BCUT2D eigenvalue weighted by molar-refractivity contribution is 6.19. The van der Waals surface area contributed by atoms with Crippen LogP contribution in [0.5, 0.6) is 0 Å². The lowest BCUT2D eigenvalue weighted by Crippen LogP contribution is -2.36. The molecule has 0 amide bonds. The number of carbonyl (C=O) groups is 1. The van der Waals surface area contributed by atoms with Crippen LogP contribution in [-0.2, 0) is 20.8 Å². The molecule has 0 aliphatic carbocycles. The van der Waals surface area contributed by atoms with E-state index in [4.69, 9.17) is 9.47 Å². The van der Waals surface area contributed by atoms with Crippen LogP contribution in [0.25, 0.3) is 5.57 Å². The van der Waals surface area contributed by atoms with E-state index in [1.165, 1.54) is 0 Å². The minimum Gasteiger partial charge on any atom is -0.456 e. The zero-order chi connectivity index (χ0) is 17.8. The number of carbonyl (C=O) groups excluding carboxylic acids is 1. The molecule has 0 atom stereocenters. The van der Waals surface area contributed by atoms with E-state index in [0.29, 0.717) is 12.1 Å². The van der Waals surface area contributed by atoms with Crippen molar-refractivity contribution in [1.82, 2.24) is 10.3 Å². The number of esters is 1. The number of pyridine rings is 1. The van der Waals surface area contributed by atoms with E-state index in [2.05, 4.69) is 27.3 Å². The Morgan fingerprint density at radius 2 is 1.88 bits per heavy atom. The van der Waals surface area contributed by atoms with Gasteiger partial charge in [0.1, 0.15) is 6.61 Å². The van der Waals surface area contributed by atoms with Crippen LogP contribution < -0.4 is 10.2 Å². The molecule has 1 aromatic carbocycles. The van der Waals surface area contributed by atoms with Gasteiger partial charge in [-0.2, -0.15) is 0 Å². The van der Waals surface area contributed by atoms with Crippen LogP contribution in [0.3, 0.4) is 0 Å². The third-order valence-corrected chi connectivity index (χ3v) is 4.59. The molecule has 2 aliphatic heterocycles. The van der Waals surface area contributed by atoms with Gasteiger partial charge in [-0.15, -0.1) is 0 Å². The first-order valence-electron chi connectivity index (χ1n) is 8.78. The molecule has 6 nitrogen and oxygen atoms in total. The first-order valence-corrected chi connectivity index (χ1v) is 8.78. The van der Waals surface area contributed by atoms with Crippen LogP contribution in [0.4, 0.5) is 5.69 Å². The Labute approximate surface area is 152 Å². The van der Waals surface area contributed by atoms with Gasteiger partial charge in [0.2, 0.25) is 0 Å². The number of anilines is 1. The third kappa shape index (κ3) is 3.55. The molecule has 1 fully saturated rings. The topological polar surface area (TPSA) is 63.7 Å². The lowest BCUT2D eigenvalue weighted by atomic mass is 10.0. The van der Waals surface area contributed by atoms with Gasteiger partial charge in [0.05, 0.1) is 36.7 Å². The molecule has 3 heterocycles. The molecule has 134 valence electrons. The Bertz CT molecular complexity index is 797. The lowest BCUT2D eigenvalue weighted by molar-refractivity contribution is -0.134. The lowest BCUT2D eigenvalue weighted by Gasteiger charge is -2.28. The van der Waals surface area contributed by atoms with Crippen molar-refractivity contribution in [2.45, 2.75) is 6.54 Å². The highest BCUT2D eigenvalue weighted by Crippen LogP contribution is 2.27. The van der Waals surface area contributed by atoms with Gasteiger partial charge in [0.25, 0.3) is 0 Å². The second-order valence-electron chi connectivity index (χ2n) is 6.25. The molecular formula is C20H21N3O3. The molecule has 0 unspecified atom stereocenters. The monoisotopic (exact) mass is 351 g/mol. The molecule has 2 aromatic rings. The van der Waals surface area contributed by atoms with Crippen LogP contribution in [-0.4, -0.2) is 43.9 Å². The molecule has 4 rings (SSSR count). The maximum absolute atomic E-state index is 12.2. The second-order valence-corrected chi connectivity index (χ2v) is 6.25. The summed E-state index contributed by atoms with van der Waals surface area (Å²) in [5.74, 6) is -0.285. The minimum absolute atomic E-state index is 0.270. The Kier molecular flexibility index (Phi) is 4.84. The van der Waals surface area contributed by atoms with E-state index in [-0.39, 0.29) is 12.6 Å². The van der Waals surface area contributed by atoms with Crippen molar-refractivity contribution >= 4 is 17.2 Å². The maximum atomic E-state index is 12.2. The predicted octanol–water partition coefficient (Wildman–Crippen LogP) is 1.98. The summed E-state index contributed by atoms with van der Waals surface area (Å²) < 4.78 is 10.6. The van der Waals surface area contributed by atoms with Gasteiger partial charge in [-0.25, -0.2) is 4.79 Å². The molecular weight excluding hydrogens is 330 g/mol. The molecule has 26 heavy (non-hydrogen) atoms. The molecule has 1 aromatic heterocycles. The van der Waals surface area contributed by atoms with Crippen LogP contribution >= 0.6 is 0 Å². The van der Waals surface area contributed by atoms with E-state index in [0.717, 1.165) is 48.9 Å². The fraction of sp³-hybridized carbons (Fsp3) is 0.300. The van der Waals surface area contributed by atoms with Gasteiger partial charge < -0.3 is 19.7 Å². The third-order valence-electron chi connectivity index (χ3n) is 4.59. The summed E-state index contributed by atoms with van der Waals surface area (Å²) in [6, 6.07) is 13.8. The summed E-state index contributed by atoms with van der Waals surface area (Å²) in [6.45, 7) is 4.11. The van der Waals surface area contributed by atoms with E-state index in [1.54, 1.807) is 6.20 Å². The van der Waals surface area contributed by atoms with Gasteiger partial charge in [0.15, 0.2) is 0 Å². The predicted molar refractivity (Wildman–Crippen MR) is 98.4 cm³/mol. The summed E-state index contributed by atoms with van der Waals surface area (Å²) in [7, 11) is 0. The number of benzene rings is 1. The smallest absolute Gasteiger partial charge is 0.341 e. The number of nitrogens with zero attached hydrogens (tertiary/aromatic N) is 2. The summed E-state index contributed by atoms with van der Waals surface area (Å²) in [5.41, 5.74) is 4.34. The average molecular weight is 351 g/mol. The van der Waals surface area contributed by atoms with E-state index in [9.17, 15) is 4.79 Å². The van der Waals surface area contributed by atoms with Crippen LogP contribution in [0.15, 0.2) is 54.4 Å².